The molecule has 0 bridgehead atoms. The van der Waals surface area contributed by atoms with Crippen molar-refractivity contribution in [1.82, 2.24) is 19.9 Å². The summed E-state index contributed by atoms with van der Waals surface area (Å²) in [7, 11) is 1.23. The number of methoxy groups -OCH3 is 1. The topological polar surface area (TPSA) is 124 Å². The number of amides is 2. The Balaban J connectivity index is 1.86. The fourth-order valence-corrected chi connectivity index (χ4v) is 3.09. The van der Waals surface area contributed by atoms with Crippen molar-refractivity contribution in [2.45, 2.75) is 32.9 Å². The van der Waals surface area contributed by atoms with Crippen LogP contribution in [0.15, 0.2) is 61.2 Å². The van der Waals surface area contributed by atoms with Crippen molar-refractivity contribution in [2.24, 2.45) is 0 Å². The first-order valence-electron chi connectivity index (χ1n) is 10.8. The Kier molecular flexibility index (Phi) is 8.08. The molecule has 0 atom stereocenters. The fraction of sp³-hybridized carbons (Fsp3) is 0.280. The van der Waals surface area contributed by atoms with Gasteiger partial charge in [0.1, 0.15) is 18.5 Å². The maximum absolute atomic E-state index is 13.0. The molecule has 0 aliphatic heterocycles. The van der Waals surface area contributed by atoms with Crippen molar-refractivity contribution >= 4 is 23.7 Å². The van der Waals surface area contributed by atoms with Crippen molar-refractivity contribution in [3.63, 3.8) is 0 Å². The standard InChI is InChI=1S/C25H27N5O5/c1-25(2,3)35-24(33)30(14-19-10-11-26-16-28-19)15-21(31)29-20-12-18(17-8-6-5-7-9-17)13-27-22(20)23(32)34-4/h5-13,16H,14-15H2,1-4H3,(H,29,31). The monoisotopic (exact) mass is 477 g/mol. The van der Waals surface area contributed by atoms with Crippen molar-refractivity contribution in [1.29, 1.82) is 0 Å². The van der Waals surface area contributed by atoms with Gasteiger partial charge in [-0.15, -0.1) is 0 Å². The van der Waals surface area contributed by atoms with Crippen LogP contribution in [0.2, 0.25) is 0 Å². The molecule has 0 fully saturated rings. The largest absolute Gasteiger partial charge is 0.464 e. The summed E-state index contributed by atoms with van der Waals surface area (Å²) in [5.41, 5.74) is 1.42. The van der Waals surface area contributed by atoms with Crippen molar-refractivity contribution in [3.05, 3.63) is 72.6 Å². The van der Waals surface area contributed by atoms with E-state index in [4.69, 9.17) is 9.47 Å². The van der Waals surface area contributed by atoms with Crippen LogP contribution < -0.4 is 5.32 Å². The highest BCUT2D eigenvalue weighted by Crippen LogP contribution is 2.24. The van der Waals surface area contributed by atoms with Gasteiger partial charge in [0.2, 0.25) is 5.91 Å². The number of anilines is 1. The molecule has 10 heteroatoms. The van der Waals surface area contributed by atoms with E-state index in [2.05, 4.69) is 20.3 Å². The number of pyridine rings is 1. The number of carbonyl (C=O) groups excluding carboxylic acids is 3. The smallest absolute Gasteiger partial charge is 0.411 e. The quantitative estimate of drug-likeness (QED) is 0.511. The minimum Gasteiger partial charge on any atom is -0.464 e. The zero-order valence-electron chi connectivity index (χ0n) is 20.0. The average molecular weight is 478 g/mol. The molecule has 0 spiro atoms. The Morgan fingerprint density at radius 2 is 1.77 bits per heavy atom. The molecule has 182 valence electrons. The van der Waals surface area contributed by atoms with E-state index in [1.54, 1.807) is 39.1 Å². The number of rotatable bonds is 7. The van der Waals surface area contributed by atoms with E-state index in [0.29, 0.717) is 11.3 Å². The molecule has 0 saturated carbocycles. The molecule has 35 heavy (non-hydrogen) atoms. The average Bonchev–Trinajstić information content (AvgIpc) is 2.83. The van der Waals surface area contributed by atoms with Gasteiger partial charge in [-0.3, -0.25) is 9.69 Å². The molecule has 0 aliphatic carbocycles. The molecule has 0 saturated heterocycles. The van der Waals surface area contributed by atoms with E-state index < -0.39 is 23.6 Å². The van der Waals surface area contributed by atoms with Crippen LogP contribution in [0.3, 0.4) is 0 Å². The van der Waals surface area contributed by atoms with E-state index in [1.807, 2.05) is 30.3 Å². The van der Waals surface area contributed by atoms with Gasteiger partial charge in [0.25, 0.3) is 0 Å². The molecule has 3 aromatic rings. The van der Waals surface area contributed by atoms with E-state index in [9.17, 15) is 14.4 Å². The summed E-state index contributed by atoms with van der Waals surface area (Å²) < 4.78 is 10.3. The number of esters is 1. The Hall–Kier alpha value is -4.34. The van der Waals surface area contributed by atoms with Gasteiger partial charge in [-0.05, 0) is 38.5 Å². The zero-order chi connectivity index (χ0) is 25.4. The molecule has 1 N–H and O–H groups in total. The third-order valence-electron chi connectivity index (χ3n) is 4.63. The van der Waals surface area contributed by atoms with Crippen LogP contribution in [0.5, 0.6) is 0 Å². The highest BCUT2D eigenvalue weighted by molar-refractivity contribution is 6.01. The number of aromatic nitrogens is 3. The van der Waals surface area contributed by atoms with E-state index in [1.165, 1.54) is 24.5 Å². The molecule has 3 rings (SSSR count). The molecular weight excluding hydrogens is 450 g/mol. The van der Waals surface area contributed by atoms with Crippen LogP contribution in [0.25, 0.3) is 11.1 Å². The van der Waals surface area contributed by atoms with Crippen molar-refractivity contribution < 1.29 is 23.9 Å². The van der Waals surface area contributed by atoms with Gasteiger partial charge in [0.05, 0.1) is 25.0 Å². The lowest BCUT2D eigenvalue weighted by molar-refractivity contribution is -0.117. The fourth-order valence-electron chi connectivity index (χ4n) is 3.09. The Morgan fingerprint density at radius 1 is 1.03 bits per heavy atom. The van der Waals surface area contributed by atoms with E-state index in [0.717, 1.165) is 5.56 Å². The number of carbonyl (C=O) groups is 3. The molecule has 10 nitrogen and oxygen atoms in total. The third-order valence-corrected chi connectivity index (χ3v) is 4.63. The Morgan fingerprint density at radius 3 is 2.40 bits per heavy atom. The second kappa shape index (κ2) is 11.2. The van der Waals surface area contributed by atoms with Crippen LogP contribution in [0.4, 0.5) is 10.5 Å². The van der Waals surface area contributed by atoms with E-state index >= 15 is 0 Å². The van der Waals surface area contributed by atoms with E-state index in [-0.39, 0.29) is 24.5 Å². The number of hydrogen-bond acceptors (Lipinski definition) is 8. The van der Waals surface area contributed by atoms with Crippen molar-refractivity contribution in [2.75, 3.05) is 19.0 Å². The van der Waals surface area contributed by atoms with Gasteiger partial charge in [-0.2, -0.15) is 0 Å². The Labute approximate surface area is 203 Å². The predicted octanol–water partition coefficient (Wildman–Crippen LogP) is 3.70. The minimum atomic E-state index is -0.760. The normalized spacial score (nSPS) is 10.9. The summed E-state index contributed by atoms with van der Waals surface area (Å²) in [5, 5.41) is 2.69. The van der Waals surface area contributed by atoms with Gasteiger partial charge in [0, 0.05) is 18.0 Å². The number of hydrogen-bond donors (Lipinski definition) is 1. The van der Waals surface area contributed by atoms with Crippen LogP contribution in [0, 0.1) is 0 Å². The summed E-state index contributed by atoms with van der Waals surface area (Å²) in [4.78, 5) is 51.5. The zero-order valence-corrected chi connectivity index (χ0v) is 20.0. The highest BCUT2D eigenvalue weighted by Gasteiger charge is 2.25. The Bertz CT molecular complexity index is 1180. The lowest BCUT2D eigenvalue weighted by Gasteiger charge is -2.27. The predicted molar refractivity (Wildman–Crippen MR) is 128 cm³/mol. The first-order chi connectivity index (χ1) is 16.7. The molecule has 2 aromatic heterocycles. The lowest BCUT2D eigenvalue weighted by Crippen LogP contribution is -2.41. The second-order valence-corrected chi connectivity index (χ2v) is 8.56. The summed E-state index contributed by atoms with van der Waals surface area (Å²) in [6, 6.07) is 12.7. The third kappa shape index (κ3) is 7.32. The van der Waals surface area contributed by atoms with Gasteiger partial charge >= 0.3 is 12.1 Å². The van der Waals surface area contributed by atoms with Gasteiger partial charge in [-0.1, -0.05) is 30.3 Å². The number of ether oxygens (including phenoxy) is 2. The highest BCUT2D eigenvalue weighted by atomic mass is 16.6. The number of benzene rings is 1. The van der Waals surface area contributed by atoms with Crippen LogP contribution in [-0.4, -0.2) is 57.1 Å². The summed E-state index contributed by atoms with van der Waals surface area (Å²) in [6.45, 7) is 4.87. The first kappa shape index (κ1) is 25.3. The van der Waals surface area contributed by atoms with Crippen LogP contribution >= 0.6 is 0 Å². The van der Waals surface area contributed by atoms with Crippen molar-refractivity contribution in [3.8, 4) is 11.1 Å². The minimum absolute atomic E-state index is 0.0248. The molecule has 2 amide bonds. The molecule has 0 unspecified atom stereocenters. The maximum Gasteiger partial charge on any atom is 0.411 e. The second-order valence-electron chi connectivity index (χ2n) is 8.56. The number of nitrogens with zero attached hydrogens (tertiary/aromatic N) is 4. The first-order valence-corrected chi connectivity index (χ1v) is 10.8. The number of nitrogens with one attached hydrogen (secondary N) is 1. The maximum atomic E-state index is 13.0. The van der Waals surface area contributed by atoms with Gasteiger partial charge in [-0.25, -0.2) is 24.5 Å². The van der Waals surface area contributed by atoms with Crippen LogP contribution in [0.1, 0.15) is 37.0 Å². The SMILES string of the molecule is COC(=O)c1ncc(-c2ccccc2)cc1NC(=O)CN(Cc1ccncn1)C(=O)OC(C)(C)C. The summed E-state index contributed by atoms with van der Waals surface area (Å²) in [5.74, 6) is -1.26. The van der Waals surface area contributed by atoms with Gasteiger partial charge < -0.3 is 14.8 Å². The summed E-state index contributed by atoms with van der Waals surface area (Å²) >= 11 is 0. The molecule has 0 aliphatic rings. The molecular formula is C25H27N5O5. The molecule has 0 radical (unpaired) electrons. The molecule has 1 aromatic carbocycles. The van der Waals surface area contributed by atoms with Crippen LogP contribution in [-0.2, 0) is 20.8 Å². The van der Waals surface area contributed by atoms with Gasteiger partial charge in [0.15, 0.2) is 5.69 Å². The lowest BCUT2D eigenvalue weighted by atomic mass is 10.1. The summed E-state index contributed by atoms with van der Waals surface area (Å²) in [6.07, 6.45) is 3.74. The molecule has 2 heterocycles.